The Morgan fingerprint density at radius 2 is 2.50 bits per heavy atom. The van der Waals surface area contributed by atoms with Crippen molar-refractivity contribution in [1.82, 2.24) is 0 Å². The van der Waals surface area contributed by atoms with Gasteiger partial charge in [-0.1, -0.05) is 24.8 Å². The average Bonchev–Trinajstić information content (AvgIpc) is 2.03. The van der Waals surface area contributed by atoms with Crippen molar-refractivity contribution in [3.8, 4) is 11.8 Å². The summed E-state index contributed by atoms with van der Waals surface area (Å²) in [5.41, 5.74) is 1.34. The summed E-state index contributed by atoms with van der Waals surface area (Å²) < 4.78 is 0. The summed E-state index contributed by atoms with van der Waals surface area (Å²) in [5.74, 6) is 6.25. The molecule has 1 rings (SSSR count). The van der Waals surface area contributed by atoms with Crippen molar-refractivity contribution < 1.29 is 0 Å². The van der Waals surface area contributed by atoms with Crippen molar-refractivity contribution in [2.45, 2.75) is 32.6 Å². The van der Waals surface area contributed by atoms with Crippen molar-refractivity contribution in [2.75, 3.05) is 0 Å². The molecule has 0 aliphatic heterocycles. The maximum Gasteiger partial charge on any atom is 0.00638 e. The summed E-state index contributed by atoms with van der Waals surface area (Å²) >= 11 is 0. The van der Waals surface area contributed by atoms with Gasteiger partial charge in [0, 0.05) is 6.42 Å². The minimum Gasteiger partial charge on any atom is -0.0985 e. The molecule has 0 amide bonds. The second-order valence-electron chi connectivity index (χ2n) is 2.45. The third-order valence-corrected chi connectivity index (χ3v) is 1.57. The van der Waals surface area contributed by atoms with Crippen molar-refractivity contribution in [1.29, 1.82) is 0 Å². The molecule has 0 heteroatoms. The van der Waals surface area contributed by atoms with Gasteiger partial charge in [-0.25, -0.2) is 0 Å². The second-order valence-corrected chi connectivity index (χ2v) is 2.45. The Balaban J connectivity index is 2.46. The van der Waals surface area contributed by atoms with Gasteiger partial charge < -0.3 is 0 Å². The topological polar surface area (TPSA) is 0 Å². The van der Waals surface area contributed by atoms with Crippen LogP contribution in [0.2, 0.25) is 0 Å². The van der Waals surface area contributed by atoms with Gasteiger partial charge in [-0.15, -0.1) is 0 Å². The van der Waals surface area contributed by atoms with Gasteiger partial charge in [0.25, 0.3) is 0 Å². The monoisotopic (exact) mass is 133 g/mol. The molecule has 0 nitrogen and oxygen atoms in total. The Morgan fingerprint density at radius 1 is 1.60 bits per heavy atom. The largest absolute Gasteiger partial charge is 0.0985 e. The van der Waals surface area contributed by atoms with E-state index in [1.165, 1.54) is 12.0 Å². The molecule has 0 aromatic carbocycles. The predicted octanol–water partition coefficient (Wildman–Crippen LogP) is 2.71. The zero-order chi connectivity index (χ0) is 7.23. The van der Waals surface area contributed by atoms with E-state index in [1.807, 2.05) is 0 Å². The van der Waals surface area contributed by atoms with E-state index in [9.17, 15) is 0 Å². The Kier molecular flexibility index (Phi) is 3.09. The summed E-state index contributed by atoms with van der Waals surface area (Å²) in [5, 5.41) is 0. The molecule has 0 heterocycles. The molecule has 0 aromatic heterocycles. The molecule has 1 radical (unpaired) electrons. The molecule has 0 N–H and O–H groups in total. The van der Waals surface area contributed by atoms with Gasteiger partial charge in [0.15, 0.2) is 0 Å². The van der Waals surface area contributed by atoms with Crippen LogP contribution in [0.1, 0.15) is 32.6 Å². The fourth-order valence-electron chi connectivity index (χ4n) is 1.02. The van der Waals surface area contributed by atoms with Gasteiger partial charge in [0.2, 0.25) is 0 Å². The Morgan fingerprint density at radius 3 is 3.10 bits per heavy atom. The fraction of sp³-hybridized carbons (Fsp3) is 0.500. The van der Waals surface area contributed by atoms with Gasteiger partial charge >= 0.3 is 0 Å². The lowest BCUT2D eigenvalue weighted by Gasteiger charge is -2.04. The van der Waals surface area contributed by atoms with Gasteiger partial charge in [-0.05, 0) is 31.3 Å². The zero-order valence-electron chi connectivity index (χ0n) is 6.48. The summed E-state index contributed by atoms with van der Waals surface area (Å²) in [6.07, 6.45) is 9.00. The van der Waals surface area contributed by atoms with Crippen molar-refractivity contribution in [3.63, 3.8) is 0 Å². The lowest BCUT2D eigenvalue weighted by Crippen LogP contribution is -1.88. The smallest absolute Gasteiger partial charge is 0.00638 e. The lowest BCUT2D eigenvalue weighted by molar-refractivity contribution is 0.867. The van der Waals surface area contributed by atoms with E-state index in [2.05, 4.69) is 31.3 Å². The normalized spacial score (nSPS) is 17.1. The predicted molar refractivity (Wildman–Crippen MR) is 44.3 cm³/mol. The third-order valence-electron chi connectivity index (χ3n) is 1.57. The number of hydrogen-bond donors (Lipinski definition) is 0. The van der Waals surface area contributed by atoms with Gasteiger partial charge in [0.1, 0.15) is 0 Å². The molecule has 10 heavy (non-hydrogen) atoms. The standard InChI is InChI=1S/C10H13/c1-2-3-7-10-8-5-4-6-9-10/h4,8H,2,5-6,9H2,1H3. The summed E-state index contributed by atoms with van der Waals surface area (Å²) in [6.45, 7) is 2.09. The number of rotatable bonds is 0. The molecule has 0 unspecified atom stereocenters. The van der Waals surface area contributed by atoms with Gasteiger partial charge in [0.05, 0.1) is 0 Å². The second kappa shape index (κ2) is 4.17. The molecule has 0 aromatic rings. The van der Waals surface area contributed by atoms with E-state index in [1.54, 1.807) is 0 Å². The molecule has 53 valence electrons. The highest BCUT2D eigenvalue weighted by atomic mass is 14.0. The molecule has 0 atom stereocenters. The molecular weight excluding hydrogens is 120 g/mol. The molecule has 0 fully saturated rings. The molecule has 0 saturated heterocycles. The van der Waals surface area contributed by atoms with Crippen LogP contribution in [0.3, 0.4) is 0 Å². The fourth-order valence-corrected chi connectivity index (χ4v) is 1.02. The van der Waals surface area contributed by atoms with Crippen LogP contribution in [0.4, 0.5) is 0 Å². The first-order valence-electron chi connectivity index (χ1n) is 3.93. The van der Waals surface area contributed by atoms with Crippen LogP contribution in [-0.4, -0.2) is 0 Å². The van der Waals surface area contributed by atoms with E-state index < -0.39 is 0 Å². The highest BCUT2D eigenvalue weighted by Gasteiger charge is 1.98. The van der Waals surface area contributed by atoms with Crippen molar-refractivity contribution in [3.05, 3.63) is 18.1 Å². The van der Waals surface area contributed by atoms with E-state index in [0.29, 0.717) is 0 Å². The maximum absolute atomic E-state index is 3.16. The highest BCUT2D eigenvalue weighted by Crippen LogP contribution is 2.15. The highest BCUT2D eigenvalue weighted by molar-refractivity contribution is 5.30. The Hall–Kier alpha value is -0.700. The number of hydrogen-bond acceptors (Lipinski definition) is 0. The van der Waals surface area contributed by atoms with Gasteiger partial charge in [-0.2, -0.15) is 0 Å². The van der Waals surface area contributed by atoms with E-state index in [0.717, 1.165) is 19.3 Å². The minimum atomic E-state index is 0.973. The molecule has 0 bridgehead atoms. The van der Waals surface area contributed by atoms with Gasteiger partial charge in [-0.3, -0.25) is 0 Å². The van der Waals surface area contributed by atoms with Crippen LogP contribution in [0.25, 0.3) is 0 Å². The summed E-state index contributed by atoms with van der Waals surface area (Å²) in [4.78, 5) is 0. The van der Waals surface area contributed by atoms with Crippen LogP contribution in [-0.2, 0) is 0 Å². The average molecular weight is 133 g/mol. The van der Waals surface area contributed by atoms with Crippen LogP contribution < -0.4 is 0 Å². The number of allylic oxidation sites excluding steroid dienone is 2. The first kappa shape index (κ1) is 7.41. The van der Waals surface area contributed by atoms with Crippen LogP contribution >= 0.6 is 0 Å². The maximum atomic E-state index is 3.16. The Labute approximate surface area is 63.3 Å². The third kappa shape index (κ3) is 2.27. The van der Waals surface area contributed by atoms with Crippen LogP contribution in [0.5, 0.6) is 0 Å². The minimum absolute atomic E-state index is 0.973. The van der Waals surface area contributed by atoms with Crippen LogP contribution in [0, 0.1) is 18.3 Å². The molecule has 0 spiro atoms. The molecule has 1 aliphatic carbocycles. The van der Waals surface area contributed by atoms with Crippen LogP contribution in [0.15, 0.2) is 11.6 Å². The first-order chi connectivity index (χ1) is 4.93. The molecule has 1 aliphatic rings. The van der Waals surface area contributed by atoms with E-state index in [-0.39, 0.29) is 0 Å². The van der Waals surface area contributed by atoms with Crippen molar-refractivity contribution in [2.24, 2.45) is 0 Å². The Bertz CT molecular complexity index is 176. The molecular formula is C10H13. The zero-order valence-corrected chi connectivity index (χ0v) is 6.48. The quantitative estimate of drug-likeness (QED) is 0.446. The van der Waals surface area contributed by atoms with E-state index >= 15 is 0 Å². The summed E-state index contributed by atoms with van der Waals surface area (Å²) in [6, 6.07) is 0. The molecule has 0 saturated carbocycles. The van der Waals surface area contributed by atoms with E-state index in [4.69, 9.17) is 0 Å². The van der Waals surface area contributed by atoms with Crippen molar-refractivity contribution >= 4 is 0 Å². The SMILES string of the molecule is CCC#CC1=CC[CH]CC1. The first-order valence-corrected chi connectivity index (χ1v) is 3.93. The lowest BCUT2D eigenvalue weighted by atomic mass is 10.0. The summed E-state index contributed by atoms with van der Waals surface area (Å²) in [7, 11) is 0.